The summed E-state index contributed by atoms with van der Waals surface area (Å²) in [6.45, 7) is 0.861. The molecule has 0 aromatic heterocycles. The molecule has 1 aromatic carbocycles. The van der Waals surface area contributed by atoms with Crippen LogP contribution in [-0.2, 0) is 14.3 Å². The molecule has 1 aromatic rings. The number of benzene rings is 1. The van der Waals surface area contributed by atoms with Crippen molar-refractivity contribution < 1.29 is 14.3 Å². The lowest BCUT2D eigenvalue weighted by Gasteiger charge is -2.21. The molecular weight excluding hydrogens is 270 g/mol. The van der Waals surface area contributed by atoms with E-state index in [1.807, 2.05) is 11.0 Å². The van der Waals surface area contributed by atoms with Gasteiger partial charge in [-0.2, -0.15) is 5.26 Å². The Labute approximate surface area is 123 Å². The highest BCUT2D eigenvalue weighted by atomic mass is 16.5. The Hall–Kier alpha value is -2.39. The number of methoxy groups -OCH3 is 1. The highest BCUT2D eigenvalue weighted by molar-refractivity contribution is 5.92. The van der Waals surface area contributed by atoms with E-state index >= 15 is 0 Å². The zero-order chi connectivity index (χ0) is 15.2. The third kappa shape index (κ3) is 3.80. The zero-order valence-corrected chi connectivity index (χ0v) is 11.8. The maximum absolute atomic E-state index is 12.0. The van der Waals surface area contributed by atoms with Gasteiger partial charge in [-0.05, 0) is 43.7 Å². The number of rotatable bonds is 4. The second-order valence-corrected chi connectivity index (χ2v) is 4.89. The molecule has 0 bridgehead atoms. The van der Waals surface area contributed by atoms with Gasteiger partial charge in [0.25, 0.3) is 0 Å². The van der Waals surface area contributed by atoms with Crippen molar-refractivity contribution in [1.29, 1.82) is 5.26 Å². The summed E-state index contributed by atoms with van der Waals surface area (Å²) < 4.78 is 4.75. The van der Waals surface area contributed by atoms with E-state index in [1.165, 1.54) is 7.11 Å². The molecule has 1 unspecified atom stereocenters. The van der Waals surface area contributed by atoms with Crippen LogP contribution in [0.3, 0.4) is 0 Å². The smallest absolute Gasteiger partial charge is 0.323 e. The van der Waals surface area contributed by atoms with Gasteiger partial charge >= 0.3 is 5.97 Å². The van der Waals surface area contributed by atoms with Gasteiger partial charge in [0.2, 0.25) is 5.91 Å². The number of anilines is 1. The number of esters is 1. The molecule has 1 aliphatic heterocycles. The van der Waals surface area contributed by atoms with Gasteiger partial charge in [0.15, 0.2) is 0 Å². The van der Waals surface area contributed by atoms with E-state index in [4.69, 9.17) is 10.00 Å². The molecule has 6 nitrogen and oxygen atoms in total. The van der Waals surface area contributed by atoms with Gasteiger partial charge in [0, 0.05) is 5.69 Å². The predicted octanol–water partition coefficient (Wildman–Crippen LogP) is 1.13. The molecule has 1 fully saturated rings. The van der Waals surface area contributed by atoms with Crippen LogP contribution in [-0.4, -0.2) is 43.0 Å². The van der Waals surface area contributed by atoms with Crippen LogP contribution in [0.15, 0.2) is 24.3 Å². The molecule has 0 radical (unpaired) electrons. The molecule has 2 rings (SSSR count). The van der Waals surface area contributed by atoms with Crippen molar-refractivity contribution in [3.8, 4) is 6.07 Å². The Bertz CT molecular complexity index is 563. The van der Waals surface area contributed by atoms with E-state index in [0.29, 0.717) is 17.8 Å². The average Bonchev–Trinajstić information content (AvgIpc) is 2.95. The topological polar surface area (TPSA) is 82.4 Å². The summed E-state index contributed by atoms with van der Waals surface area (Å²) >= 11 is 0. The molecule has 21 heavy (non-hydrogen) atoms. The lowest BCUT2D eigenvalue weighted by atomic mass is 10.2. The predicted molar refractivity (Wildman–Crippen MR) is 76.4 cm³/mol. The third-order valence-electron chi connectivity index (χ3n) is 3.48. The SMILES string of the molecule is COC(=O)C1CCCN1CC(=O)Nc1ccc(C#N)cc1. The standard InChI is InChI=1S/C15H17N3O3/c1-21-15(20)13-3-2-8-18(13)10-14(19)17-12-6-4-11(9-16)5-7-12/h4-7,13H,2-3,8,10H2,1H3,(H,17,19). The van der Waals surface area contributed by atoms with E-state index in [9.17, 15) is 9.59 Å². The van der Waals surface area contributed by atoms with Crippen LogP contribution in [0, 0.1) is 11.3 Å². The molecule has 1 amide bonds. The van der Waals surface area contributed by atoms with Crippen molar-refractivity contribution in [2.45, 2.75) is 18.9 Å². The number of nitriles is 1. The van der Waals surface area contributed by atoms with Gasteiger partial charge in [0.05, 0.1) is 25.3 Å². The van der Waals surface area contributed by atoms with Crippen LogP contribution < -0.4 is 5.32 Å². The monoisotopic (exact) mass is 287 g/mol. The fourth-order valence-corrected chi connectivity index (χ4v) is 2.43. The summed E-state index contributed by atoms with van der Waals surface area (Å²) in [5.74, 6) is -0.478. The first-order valence-electron chi connectivity index (χ1n) is 6.76. The largest absolute Gasteiger partial charge is 0.468 e. The first kappa shape index (κ1) is 15.0. The molecule has 1 aliphatic rings. The van der Waals surface area contributed by atoms with Gasteiger partial charge in [-0.25, -0.2) is 0 Å². The number of carbonyl (C=O) groups is 2. The third-order valence-corrected chi connectivity index (χ3v) is 3.48. The number of carbonyl (C=O) groups excluding carboxylic acids is 2. The molecule has 0 aliphatic carbocycles. The van der Waals surface area contributed by atoms with E-state index in [2.05, 4.69) is 5.32 Å². The number of nitrogens with zero attached hydrogens (tertiary/aromatic N) is 2. The fraction of sp³-hybridized carbons (Fsp3) is 0.400. The minimum atomic E-state index is -0.332. The minimum absolute atomic E-state index is 0.153. The fourth-order valence-electron chi connectivity index (χ4n) is 2.43. The van der Waals surface area contributed by atoms with Crippen molar-refractivity contribution in [1.82, 2.24) is 4.90 Å². The van der Waals surface area contributed by atoms with Gasteiger partial charge in [-0.1, -0.05) is 0 Å². The molecule has 0 saturated carbocycles. The summed E-state index contributed by atoms with van der Waals surface area (Å²) in [7, 11) is 1.36. The summed E-state index contributed by atoms with van der Waals surface area (Å²) in [5, 5.41) is 11.5. The molecular formula is C15H17N3O3. The number of amides is 1. The van der Waals surface area contributed by atoms with Gasteiger partial charge < -0.3 is 10.1 Å². The van der Waals surface area contributed by atoms with Crippen molar-refractivity contribution in [3.05, 3.63) is 29.8 Å². The maximum Gasteiger partial charge on any atom is 0.323 e. The number of hydrogen-bond donors (Lipinski definition) is 1. The second-order valence-electron chi connectivity index (χ2n) is 4.89. The number of likely N-dealkylation sites (tertiary alicyclic amines) is 1. The lowest BCUT2D eigenvalue weighted by molar-refractivity contribution is -0.146. The zero-order valence-electron chi connectivity index (χ0n) is 11.8. The van der Waals surface area contributed by atoms with Gasteiger partial charge in [-0.3, -0.25) is 14.5 Å². The minimum Gasteiger partial charge on any atom is -0.468 e. The lowest BCUT2D eigenvalue weighted by Crippen LogP contribution is -2.41. The van der Waals surface area contributed by atoms with E-state index < -0.39 is 0 Å². The molecule has 1 atom stereocenters. The number of ether oxygens (including phenoxy) is 1. The highest BCUT2D eigenvalue weighted by Crippen LogP contribution is 2.18. The van der Waals surface area contributed by atoms with Crippen molar-refractivity contribution in [2.75, 3.05) is 25.5 Å². The van der Waals surface area contributed by atoms with Crippen LogP contribution in [0.5, 0.6) is 0 Å². The van der Waals surface area contributed by atoms with E-state index in [0.717, 1.165) is 12.8 Å². The van der Waals surface area contributed by atoms with Crippen LogP contribution in [0.25, 0.3) is 0 Å². The molecule has 1 heterocycles. The maximum atomic E-state index is 12.0. The summed E-state index contributed by atoms with van der Waals surface area (Å²) in [6.07, 6.45) is 1.60. The number of nitrogens with one attached hydrogen (secondary N) is 1. The highest BCUT2D eigenvalue weighted by Gasteiger charge is 2.32. The second kappa shape index (κ2) is 6.86. The van der Waals surface area contributed by atoms with Crippen molar-refractivity contribution in [3.63, 3.8) is 0 Å². The Morgan fingerprint density at radius 2 is 2.14 bits per heavy atom. The van der Waals surface area contributed by atoms with E-state index in [1.54, 1.807) is 24.3 Å². The van der Waals surface area contributed by atoms with Crippen LogP contribution in [0.4, 0.5) is 5.69 Å². The van der Waals surface area contributed by atoms with Crippen molar-refractivity contribution >= 4 is 17.6 Å². The van der Waals surface area contributed by atoms with Gasteiger partial charge in [0.1, 0.15) is 6.04 Å². The molecule has 110 valence electrons. The number of hydrogen-bond acceptors (Lipinski definition) is 5. The molecule has 1 saturated heterocycles. The average molecular weight is 287 g/mol. The Morgan fingerprint density at radius 3 is 2.76 bits per heavy atom. The van der Waals surface area contributed by atoms with Crippen molar-refractivity contribution in [2.24, 2.45) is 0 Å². The summed E-state index contributed by atoms with van der Waals surface area (Å²) in [4.78, 5) is 25.4. The summed E-state index contributed by atoms with van der Waals surface area (Å²) in [6, 6.07) is 8.33. The molecule has 1 N–H and O–H groups in total. The van der Waals surface area contributed by atoms with Gasteiger partial charge in [-0.15, -0.1) is 0 Å². The molecule has 0 spiro atoms. The van der Waals surface area contributed by atoms with Crippen LogP contribution in [0.1, 0.15) is 18.4 Å². The Balaban J connectivity index is 1.92. The first-order chi connectivity index (χ1) is 10.1. The normalized spacial score (nSPS) is 18.0. The molecule has 6 heteroatoms. The van der Waals surface area contributed by atoms with Crippen LogP contribution in [0.2, 0.25) is 0 Å². The Morgan fingerprint density at radius 1 is 1.43 bits per heavy atom. The van der Waals surface area contributed by atoms with Crippen LogP contribution >= 0.6 is 0 Å². The van der Waals surface area contributed by atoms with E-state index in [-0.39, 0.29) is 24.5 Å². The quantitative estimate of drug-likeness (QED) is 0.840. The Kier molecular flexibility index (Phi) is 4.90. The first-order valence-corrected chi connectivity index (χ1v) is 6.76. The summed E-state index contributed by atoms with van der Waals surface area (Å²) in [5.41, 5.74) is 1.17.